The van der Waals surface area contributed by atoms with Crippen LogP contribution in [0.25, 0.3) is 0 Å². The lowest BCUT2D eigenvalue weighted by atomic mass is 9.99. The van der Waals surface area contributed by atoms with Gasteiger partial charge in [-0.15, -0.1) is 0 Å². The van der Waals surface area contributed by atoms with E-state index in [1.807, 2.05) is 13.0 Å². The highest BCUT2D eigenvalue weighted by Crippen LogP contribution is 2.29. The van der Waals surface area contributed by atoms with Crippen LogP contribution < -0.4 is 11.5 Å². The van der Waals surface area contributed by atoms with Crippen molar-refractivity contribution in [2.75, 3.05) is 13.1 Å². The third kappa shape index (κ3) is 3.11. The molecule has 1 fully saturated rings. The topological polar surface area (TPSA) is 72.3 Å². The zero-order valence-electron chi connectivity index (χ0n) is 11.1. The zero-order chi connectivity index (χ0) is 14.0. The number of carbonyl (C=O) groups is 1. The summed E-state index contributed by atoms with van der Waals surface area (Å²) in [5.74, 6) is -0.672. The van der Waals surface area contributed by atoms with Gasteiger partial charge in [-0.25, -0.2) is 4.39 Å². The van der Waals surface area contributed by atoms with E-state index in [4.69, 9.17) is 11.5 Å². The van der Waals surface area contributed by atoms with Crippen LogP contribution >= 0.6 is 0 Å². The molecule has 0 saturated carbocycles. The summed E-state index contributed by atoms with van der Waals surface area (Å²) in [6.07, 6.45) is 0.744. The minimum Gasteiger partial charge on any atom is -0.369 e. The summed E-state index contributed by atoms with van der Waals surface area (Å²) in [4.78, 5) is 13.4. The van der Waals surface area contributed by atoms with Crippen molar-refractivity contribution < 1.29 is 9.18 Å². The van der Waals surface area contributed by atoms with Crippen molar-refractivity contribution in [2.45, 2.75) is 25.4 Å². The normalized spacial score (nSPS) is 23.2. The van der Waals surface area contributed by atoms with Gasteiger partial charge in [-0.3, -0.25) is 9.69 Å². The molecule has 0 spiro atoms. The molecule has 1 aromatic rings. The first kappa shape index (κ1) is 14.0. The summed E-state index contributed by atoms with van der Waals surface area (Å²) < 4.78 is 13.3. The lowest BCUT2D eigenvalue weighted by Crippen LogP contribution is -2.39. The quantitative estimate of drug-likeness (QED) is 0.853. The van der Waals surface area contributed by atoms with E-state index < -0.39 is 0 Å². The van der Waals surface area contributed by atoms with Crippen molar-refractivity contribution in [1.82, 2.24) is 4.90 Å². The fraction of sp³-hybridized carbons (Fsp3) is 0.500. The molecule has 1 aliphatic rings. The Hall–Kier alpha value is -1.46. The highest BCUT2D eigenvalue weighted by atomic mass is 19.1. The maximum atomic E-state index is 13.3. The largest absolute Gasteiger partial charge is 0.369 e. The van der Waals surface area contributed by atoms with Crippen LogP contribution in [-0.2, 0) is 4.79 Å². The van der Waals surface area contributed by atoms with Gasteiger partial charge in [0.1, 0.15) is 5.82 Å². The summed E-state index contributed by atoms with van der Waals surface area (Å²) in [5, 5.41) is 0. The molecule has 0 radical (unpaired) electrons. The summed E-state index contributed by atoms with van der Waals surface area (Å²) in [5.41, 5.74) is 12.2. The molecule has 1 saturated heterocycles. The number of halogens is 1. The smallest absolute Gasteiger partial charge is 0.221 e. The number of hydrogen-bond donors (Lipinski definition) is 2. The van der Waals surface area contributed by atoms with Gasteiger partial charge >= 0.3 is 0 Å². The number of amides is 1. The molecular formula is C14H20FN3O. The minimum atomic E-state index is -0.273. The molecule has 0 aliphatic carbocycles. The first-order valence-electron chi connectivity index (χ1n) is 6.53. The van der Waals surface area contributed by atoms with Crippen LogP contribution in [0, 0.1) is 11.7 Å². The standard InChI is InChI=1S/C14H20FN3O/c1-9(16)13(10-3-2-4-12(15)7-10)18-6-5-11(8-18)14(17)19/h2-4,7,9,11,13H,5-6,8,16H2,1H3,(H2,17,19). The molecule has 1 aliphatic heterocycles. The Labute approximate surface area is 112 Å². The molecule has 2 rings (SSSR count). The number of benzene rings is 1. The zero-order valence-corrected chi connectivity index (χ0v) is 11.1. The Morgan fingerprint density at radius 1 is 1.53 bits per heavy atom. The van der Waals surface area contributed by atoms with Gasteiger partial charge in [0.15, 0.2) is 0 Å². The maximum absolute atomic E-state index is 13.3. The molecule has 5 heteroatoms. The highest BCUT2D eigenvalue weighted by molar-refractivity contribution is 5.77. The average molecular weight is 265 g/mol. The van der Waals surface area contributed by atoms with Crippen LogP contribution in [-0.4, -0.2) is 29.9 Å². The molecule has 4 nitrogen and oxygen atoms in total. The van der Waals surface area contributed by atoms with E-state index >= 15 is 0 Å². The molecule has 3 unspecified atom stereocenters. The van der Waals surface area contributed by atoms with E-state index in [-0.39, 0.29) is 29.7 Å². The molecule has 0 bridgehead atoms. The third-order valence-electron chi connectivity index (χ3n) is 3.70. The predicted molar refractivity (Wildman–Crippen MR) is 71.7 cm³/mol. The molecule has 0 aromatic heterocycles. The molecule has 19 heavy (non-hydrogen) atoms. The first-order valence-corrected chi connectivity index (χ1v) is 6.53. The molecule has 1 heterocycles. The molecule has 104 valence electrons. The SMILES string of the molecule is CC(N)C(c1cccc(F)c1)N1CCC(C(N)=O)C1. The van der Waals surface area contributed by atoms with Crippen molar-refractivity contribution in [3.8, 4) is 0 Å². The predicted octanol–water partition coefficient (Wildman–Crippen LogP) is 1.02. The Morgan fingerprint density at radius 3 is 2.79 bits per heavy atom. The number of primary amides is 1. The minimum absolute atomic E-state index is 0.0833. The van der Waals surface area contributed by atoms with E-state index in [1.54, 1.807) is 6.07 Å². The maximum Gasteiger partial charge on any atom is 0.221 e. The van der Waals surface area contributed by atoms with Gasteiger partial charge in [-0.05, 0) is 37.6 Å². The number of nitrogens with zero attached hydrogens (tertiary/aromatic N) is 1. The van der Waals surface area contributed by atoms with E-state index in [0.29, 0.717) is 6.54 Å². The first-order chi connectivity index (χ1) is 8.99. The van der Waals surface area contributed by atoms with Crippen LogP contribution in [0.5, 0.6) is 0 Å². The molecule has 1 aromatic carbocycles. The Kier molecular flexibility index (Phi) is 4.17. The lowest BCUT2D eigenvalue weighted by Gasteiger charge is -2.31. The summed E-state index contributed by atoms with van der Waals surface area (Å²) in [6, 6.07) is 6.24. The molecule has 1 amide bonds. The summed E-state index contributed by atoms with van der Waals surface area (Å²) >= 11 is 0. The van der Waals surface area contributed by atoms with Gasteiger partial charge < -0.3 is 11.5 Å². The Morgan fingerprint density at radius 2 is 2.26 bits per heavy atom. The van der Waals surface area contributed by atoms with Crippen molar-refractivity contribution in [2.24, 2.45) is 17.4 Å². The van der Waals surface area contributed by atoms with Crippen LogP contribution in [0.2, 0.25) is 0 Å². The second-order valence-corrected chi connectivity index (χ2v) is 5.24. The number of likely N-dealkylation sites (tertiary alicyclic amines) is 1. The van der Waals surface area contributed by atoms with Gasteiger partial charge in [-0.2, -0.15) is 0 Å². The second-order valence-electron chi connectivity index (χ2n) is 5.24. The van der Waals surface area contributed by atoms with E-state index in [0.717, 1.165) is 18.5 Å². The van der Waals surface area contributed by atoms with E-state index in [2.05, 4.69) is 4.90 Å². The van der Waals surface area contributed by atoms with Crippen LogP contribution in [0.15, 0.2) is 24.3 Å². The monoisotopic (exact) mass is 265 g/mol. The molecule has 3 atom stereocenters. The summed E-state index contributed by atoms with van der Waals surface area (Å²) in [6.45, 7) is 3.25. The van der Waals surface area contributed by atoms with E-state index in [9.17, 15) is 9.18 Å². The van der Waals surface area contributed by atoms with Gasteiger partial charge in [0.2, 0.25) is 5.91 Å². The van der Waals surface area contributed by atoms with Crippen molar-refractivity contribution >= 4 is 5.91 Å². The van der Waals surface area contributed by atoms with Crippen molar-refractivity contribution in [1.29, 1.82) is 0 Å². The number of nitrogens with two attached hydrogens (primary N) is 2. The van der Waals surface area contributed by atoms with Gasteiger partial charge in [0.25, 0.3) is 0 Å². The van der Waals surface area contributed by atoms with Crippen molar-refractivity contribution in [3.63, 3.8) is 0 Å². The molecule has 4 N–H and O–H groups in total. The van der Waals surface area contributed by atoms with Crippen molar-refractivity contribution in [3.05, 3.63) is 35.6 Å². The third-order valence-corrected chi connectivity index (χ3v) is 3.70. The van der Waals surface area contributed by atoms with E-state index in [1.165, 1.54) is 12.1 Å². The fourth-order valence-electron chi connectivity index (χ4n) is 2.81. The second kappa shape index (κ2) is 5.67. The average Bonchev–Trinajstić information content (AvgIpc) is 2.78. The van der Waals surface area contributed by atoms with Gasteiger partial charge in [-0.1, -0.05) is 12.1 Å². The van der Waals surface area contributed by atoms with Crippen LogP contribution in [0.4, 0.5) is 4.39 Å². The number of rotatable bonds is 4. The highest BCUT2D eigenvalue weighted by Gasteiger charge is 2.33. The Balaban J connectivity index is 2.20. The molecular weight excluding hydrogens is 245 g/mol. The Bertz CT molecular complexity index is 464. The van der Waals surface area contributed by atoms with Crippen LogP contribution in [0.3, 0.4) is 0 Å². The van der Waals surface area contributed by atoms with Crippen LogP contribution in [0.1, 0.15) is 24.9 Å². The number of carbonyl (C=O) groups excluding carboxylic acids is 1. The lowest BCUT2D eigenvalue weighted by molar-refractivity contribution is -0.121. The van der Waals surface area contributed by atoms with Gasteiger partial charge in [0.05, 0.1) is 5.92 Å². The fourth-order valence-corrected chi connectivity index (χ4v) is 2.81. The summed E-state index contributed by atoms with van der Waals surface area (Å²) in [7, 11) is 0. The number of hydrogen-bond acceptors (Lipinski definition) is 3. The van der Waals surface area contributed by atoms with Gasteiger partial charge in [0, 0.05) is 18.6 Å².